The summed E-state index contributed by atoms with van der Waals surface area (Å²) in [7, 11) is 0. The minimum Gasteiger partial charge on any atom is -0.491 e. The number of benzene rings is 2. The summed E-state index contributed by atoms with van der Waals surface area (Å²) >= 11 is 0. The summed E-state index contributed by atoms with van der Waals surface area (Å²) in [5.41, 5.74) is 1.22. The van der Waals surface area contributed by atoms with Gasteiger partial charge in [0.05, 0.1) is 6.10 Å². The maximum Gasteiger partial charge on any atom is 0.314 e. The standard InChI is InChI=1S/C19H26N2O2/c1-4-11-20-19(22)21-12-10-16-7-5-6-15-8-9-17(13-18(15)16)23-14(2)3/h5-9,13-14H,4,10-12H2,1-3H3,(H2,20,21,22). The second-order valence-corrected chi connectivity index (χ2v) is 5.90. The number of ether oxygens (including phenoxy) is 1. The van der Waals surface area contributed by atoms with Crippen molar-refractivity contribution in [1.82, 2.24) is 10.6 Å². The van der Waals surface area contributed by atoms with Gasteiger partial charge in [0.25, 0.3) is 0 Å². The van der Waals surface area contributed by atoms with Gasteiger partial charge in [0, 0.05) is 13.1 Å². The van der Waals surface area contributed by atoms with Crippen molar-refractivity contribution in [1.29, 1.82) is 0 Å². The molecule has 0 bridgehead atoms. The van der Waals surface area contributed by atoms with Gasteiger partial charge < -0.3 is 15.4 Å². The van der Waals surface area contributed by atoms with E-state index in [0.717, 1.165) is 18.6 Å². The lowest BCUT2D eigenvalue weighted by molar-refractivity contribution is 0.241. The Hall–Kier alpha value is -2.23. The van der Waals surface area contributed by atoms with Crippen molar-refractivity contribution < 1.29 is 9.53 Å². The Morgan fingerprint density at radius 2 is 1.91 bits per heavy atom. The van der Waals surface area contributed by atoms with Gasteiger partial charge in [-0.15, -0.1) is 0 Å². The fourth-order valence-electron chi connectivity index (χ4n) is 2.49. The van der Waals surface area contributed by atoms with Gasteiger partial charge in [-0.1, -0.05) is 31.2 Å². The van der Waals surface area contributed by atoms with E-state index in [1.54, 1.807) is 0 Å². The van der Waals surface area contributed by atoms with Crippen molar-refractivity contribution in [3.63, 3.8) is 0 Å². The van der Waals surface area contributed by atoms with Crippen LogP contribution in [0.3, 0.4) is 0 Å². The van der Waals surface area contributed by atoms with Gasteiger partial charge in [0.2, 0.25) is 0 Å². The zero-order chi connectivity index (χ0) is 16.7. The minimum absolute atomic E-state index is 0.101. The zero-order valence-electron chi connectivity index (χ0n) is 14.2. The van der Waals surface area contributed by atoms with Crippen molar-refractivity contribution in [2.75, 3.05) is 13.1 Å². The topological polar surface area (TPSA) is 50.4 Å². The molecule has 0 heterocycles. The largest absolute Gasteiger partial charge is 0.491 e. The molecule has 23 heavy (non-hydrogen) atoms. The number of carbonyl (C=O) groups excluding carboxylic acids is 1. The van der Waals surface area contributed by atoms with E-state index in [1.165, 1.54) is 16.3 Å². The van der Waals surface area contributed by atoms with Crippen LogP contribution in [0.5, 0.6) is 5.75 Å². The smallest absolute Gasteiger partial charge is 0.314 e. The van der Waals surface area contributed by atoms with Crippen LogP contribution in [0.1, 0.15) is 32.8 Å². The molecule has 2 rings (SSSR count). The van der Waals surface area contributed by atoms with E-state index in [4.69, 9.17) is 4.74 Å². The molecule has 2 aromatic rings. The Bertz CT molecular complexity index is 653. The van der Waals surface area contributed by atoms with Crippen LogP contribution in [-0.2, 0) is 6.42 Å². The molecule has 0 aliphatic heterocycles. The summed E-state index contributed by atoms with van der Waals surface area (Å²) in [6, 6.07) is 12.3. The number of fused-ring (bicyclic) bond motifs is 1. The van der Waals surface area contributed by atoms with Gasteiger partial charge in [0.1, 0.15) is 5.75 Å². The van der Waals surface area contributed by atoms with Crippen LogP contribution in [0.4, 0.5) is 4.79 Å². The molecule has 124 valence electrons. The van der Waals surface area contributed by atoms with E-state index < -0.39 is 0 Å². The highest BCUT2D eigenvalue weighted by molar-refractivity contribution is 5.87. The monoisotopic (exact) mass is 314 g/mol. The van der Waals surface area contributed by atoms with Crippen LogP contribution in [-0.4, -0.2) is 25.2 Å². The molecule has 0 spiro atoms. The average Bonchev–Trinajstić information content (AvgIpc) is 2.52. The number of amides is 2. The summed E-state index contributed by atoms with van der Waals surface area (Å²) in [4.78, 5) is 11.6. The highest BCUT2D eigenvalue weighted by Crippen LogP contribution is 2.25. The maximum absolute atomic E-state index is 11.6. The molecule has 0 saturated heterocycles. The second-order valence-electron chi connectivity index (χ2n) is 5.90. The fraction of sp³-hybridized carbons (Fsp3) is 0.421. The van der Waals surface area contributed by atoms with Crippen molar-refractivity contribution in [3.05, 3.63) is 42.0 Å². The van der Waals surface area contributed by atoms with E-state index >= 15 is 0 Å². The lowest BCUT2D eigenvalue weighted by atomic mass is 10.0. The van der Waals surface area contributed by atoms with E-state index in [0.29, 0.717) is 13.1 Å². The fourth-order valence-corrected chi connectivity index (χ4v) is 2.49. The van der Waals surface area contributed by atoms with E-state index in [1.807, 2.05) is 26.8 Å². The molecule has 4 nitrogen and oxygen atoms in total. The van der Waals surface area contributed by atoms with Crippen molar-refractivity contribution in [2.24, 2.45) is 0 Å². The molecule has 0 unspecified atom stereocenters. The van der Waals surface area contributed by atoms with Crippen LogP contribution in [0, 0.1) is 0 Å². The predicted molar refractivity (Wildman–Crippen MR) is 95.1 cm³/mol. The highest BCUT2D eigenvalue weighted by Gasteiger charge is 2.05. The van der Waals surface area contributed by atoms with Gasteiger partial charge in [-0.05, 0) is 55.2 Å². The molecule has 0 fully saturated rings. The maximum atomic E-state index is 11.6. The van der Waals surface area contributed by atoms with Gasteiger partial charge in [0.15, 0.2) is 0 Å². The van der Waals surface area contributed by atoms with Crippen molar-refractivity contribution in [2.45, 2.75) is 39.7 Å². The molecule has 0 saturated carbocycles. The lowest BCUT2D eigenvalue weighted by Crippen LogP contribution is -2.36. The van der Waals surface area contributed by atoms with Gasteiger partial charge in [-0.3, -0.25) is 0 Å². The molecular weight excluding hydrogens is 288 g/mol. The number of hydrogen-bond acceptors (Lipinski definition) is 2. The first-order chi connectivity index (χ1) is 11.1. The van der Waals surface area contributed by atoms with E-state index in [9.17, 15) is 4.79 Å². The van der Waals surface area contributed by atoms with Crippen LogP contribution < -0.4 is 15.4 Å². The number of rotatable bonds is 7. The molecule has 0 aliphatic carbocycles. The lowest BCUT2D eigenvalue weighted by Gasteiger charge is -2.13. The molecule has 0 aliphatic rings. The third-order valence-electron chi connectivity index (χ3n) is 3.53. The molecule has 2 aromatic carbocycles. The van der Waals surface area contributed by atoms with E-state index in [2.05, 4.69) is 41.0 Å². The molecule has 0 atom stereocenters. The van der Waals surface area contributed by atoms with Gasteiger partial charge >= 0.3 is 6.03 Å². The summed E-state index contributed by atoms with van der Waals surface area (Å²) in [5.74, 6) is 0.883. The SMILES string of the molecule is CCCNC(=O)NCCc1cccc2ccc(OC(C)C)cc12. The Morgan fingerprint density at radius 1 is 1.13 bits per heavy atom. The Kier molecular flexibility index (Phi) is 6.27. The van der Waals surface area contributed by atoms with Gasteiger partial charge in [-0.2, -0.15) is 0 Å². The third kappa shape index (κ3) is 5.16. The number of hydrogen-bond donors (Lipinski definition) is 2. The molecule has 0 aromatic heterocycles. The summed E-state index contributed by atoms with van der Waals surface area (Å²) in [6.07, 6.45) is 1.89. The first-order valence-corrected chi connectivity index (χ1v) is 8.30. The van der Waals surface area contributed by atoms with Crippen molar-refractivity contribution >= 4 is 16.8 Å². The Morgan fingerprint density at radius 3 is 2.65 bits per heavy atom. The molecule has 2 amide bonds. The number of urea groups is 1. The molecule has 4 heteroatoms. The minimum atomic E-state index is -0.101. The highest BCUT2D eigenvalue weighted by atomic mass is 16.5. The van der Waals surface area contributed by atoms with E-state index in [-0.39, 0.29) is 12.1 Å². The average molecular weight is 314 g/mol. The normalized spacial score (nSPS) is 10.8. The Balaban J connectivity index is 2.05. The molecular formula is C19H26N2O2. The van der Waals surface area contributed by atoms with Crippen LogP contribution in [0.2, 0.25) is 0 Å². The first kappa shape index (κ1) is 17.1. The molecule has 2 N–H and O–H groups in total. The first-order valence-electron chi connectivity index (χ1n) is 8.30. The third-order valence-corrected chi connectivity index (χ3v) is 3.53. The van der Waals surface area contributed by atoms with Crippen LogP contribution >= 0.6 is 0 Å². The predicted octanol–water partition coefficient (Wildman–Crippen LogP) is 3.88. The molecule has 0 radical (unpaired) electrons. The number of nitrogens with one attached hydrogen (secondary N) is 2. The second kappa shape index (κ2) is 8.42. The van der Waals surface area contributed by atoms with Gasteiger partial charge in [-0.25, -0.2) is 4.79 Å². The summed E-state index contributed by atoms with van der Waals surface area (Å²) in [6.45, 7) is 7.40. The van der Waals surface area contributed by atoms with Crippen LogP contribution in [0.15, 0.2) is 36.4 Å². The van der Waals surface area contributed by atoms with Crippen molar-refractivity contribution in [3.8, 4) is 5.75 Å². The zero-order valence-corrected chi connectivity index (χ0v) is 14.2. The number of carbonyl (C=O) groups is 1. The summed E-state index contributed by atoms with van der Waals surface area (Å²) < 4.78 is 5.78. The van der Waals surface area contributed by atoms with Crippen LogP contribution in [0.25, 0.3) is 10.8 Å². The quantitative estimate of drug-likeness (QED) is 0.815. The Labute approximate surface area is 138 Å². The summed E-state index contributed by atoms with van der Waals surface area (Å²) in [5, 5.41) is 8.08.